The summed E-state index contributed by atoms with van der Waals surface area (Å²) in [5.41, 5.74) is 3.45. The molecule has 0 N–H and O–H groups in total. The van der Waals surface area contributed by atoms with Gasteiger partial charge in [-0.15, -0.1) is 0 Å². The van der Waals surface area contributed by atoms with E-state index in [1.165, 1.54) is 6.92 Å². The lowest BCUT2D eigenvalue weighted by Crippen LogP contribution is -2.50. The first-order chi connectivity index (χ1) is 19.9. The van der Waals surface area contributed by atoms with Crippen LogP contribution in [-0.2, 0) is 19.1 Å². The van der Waals surface area contributed by atoms with Crippen molar-refractivity contribution in [3.8, 4) is 17.1 Å². The van der Waals surface area contributed by atoms with Gasteiger partial charge < -0.3 is 19.3 Å². The molecule has 210 valence electrons. The molecule has 0 spiro atoms. The number of hydrogen-bond acceptors (Lipinski definition) is 8. The van der Waals surface area contributed by atoms with Crippen molar-refractivity contribution < 1.29 is 23.9 Å². The molecular weight excluding hydrogens is 522 g/mol. The molecule has 0 radical (unpaired) electrons. The Balaban J connectivity index is 1.30. The molecular formula is C31H31N5O5. The fourth-order valence-electron chi connectivity index (χ4n) is 4.79. The van der Waals surface area contributed by atoms with Gasteiger partial charge >= 0.3 is 11.9 Å². The van der Waals surface area contributed by atoms with E-state index in [9.17, 15) is 14.4 Å². The van der Waals surface area contributed by atoms with Crippen LogP contribution in [0.15, 0.2) is 85.1 Å². The maximum Gasteiger partial charge on any atom is 0.358 e. The van der Waals surface area contributed by atoms with Crippen LogP contribution in [0.5, 0.6) is 0 Å². The molecule has 0 unspecified atom stereocenters. The smallest absolute Gasteiger partial charge is 0.358 e. The number of carbonyl (C=O) groups is 3. The summed E-state index contributed by atoms with van der Waals surface area (Å²) in [6, 6.07) is 24.3. The van der Waals surface area contributed by atoms with Crippen molar-refractivity contribution in [2.45, 2.75) is 20.0 Å². The van der Waals surface area contributed by atoms with Crippen molar-refractivity contribution in [3.63, 3.8) is 0 Å². The van der Waals surface area contributed by atoms with Gasteiger partial charge in [0.1, 0.15) is 0 Å². The predicted molar refractivity (Wildman–Crippen MR) is 152 cm³/mol. The molecule has 1 atom stereocenters. The molecule has 10 nitrogen and oxygen atoms in total. The predicted octanol–water partition coefficient (Wildman–Crippen LogP) is 4.06. The maximum absolute atomic E-state index is 13.3. The second kappa shape index (κ2) is 12.5. The van der Waals surface area contributed by atoms with Crippen LogP contribution in [0.2, 0.25) is 0 Å². The molecule has 5 rings (SSSR count). The Morgan fingerprint density at radius 1 is 0.902 bits per heavy atom. The van der Waals surface area contributed by atoms with Gasteiger partial charge in [-0.1, -0.05) is 48.5 Å². The van der Waals surface area contributed by atoms with E-state index in [0.717, 1.165) is 11.3 Å². The van der Waals surface area contributed by atoms with Gasteiger partial charge in [-0.25, -0.2) is 14.5 Å². The van der Waals surface area contributed by atoms with Gasteiger partial charge in [0.05, 0.1) is 12.3 Å². The summed E-state index contributed by atoms with van der Waals surface area (Å²) < 4.78 is 12.2. The van der Waals surface area contributed by atoms with Crippen LogP contribution in [-0.4, -0.2) is 70.3 Å². The summed E-state index contributed by atoms with van der Waals surface area (Å²) in [5.74, 6) is -0.618. The molecule has 2 aromatic carbocycles. The number of hydrogen-bond donors (Lipinski definition) is 0. The number of pyridine rings is 1. The third-order valence-electron chi connectivity index (χ3n) is 6.79. The van der Waals surface area contributed by atoms with Crippen molar-refractivity contribution >= 4 is 23.5 Å². The minimum Gasteiger partial charge on any atom is -0.461 e. The van der Waals surface area contributed by atoms with Crippen molar-refractivity contribution in [3.05, 3.63) is 96.3 Å². The standard InChI is InChI=1S/C31H31N5O5/c1-3-40-31(39)26-21-27(36(33-26)28-11-7-8-16-32-28)23-12-14-25(15-13-23)34-17-19-35(20-18-34)30(38)29(41-22(2)37)24-9-5-4-6-10-24/h4-16,21,29H,3,17-20H2,1-2H3/t29-/m0/s1. The van der Waals surface area contributed by atoms with E-state index in [-0.39, 0.29) is 18.2 Å². The van der Waals surface area contributed by atoms with E-state index in [0.29, 0.717) is 43.3 Å². The number of anilines is 1. The highest BCUT2D eigenvalue weighted by molar-refractivity contribution is 5.89. The molecule has 4 aromatic rings. The zero-order chi connectivity index (χ0) is 28.8. The fraction of sp³-hybridized carbons (Fsp3) is 0.258. The summed E-state index contributed by atoms with van der Waals surface area (Å²) in [6.45, 7) is 5.59. The minimum atomic E-state index is -0.956. The van der Waals surface area contributed by atoms with Crippen molar-refractivity contribution in [2.75, 3.05) is 37.7 Å². The molecule has 0 saturated carbocycles. The third-order valence-corrected chi connectivity index (χ3v) is 6.79. The van der Waals surface area contributed by atoms with Crippen molar-refractivity contribution in [1.82, 2.24) is 19.7 Å². The van der Waals surface area contributed by atoms with Gasteiger partial charge in [-0.05, 0) is 37.3 Å². The van der Waals surface area contributed by atoms with E-state index in [2.05, 4.69) is 15.0 Å². The van der Waals surface area contributed by atoms with Crippen molar-refractivity contribution in [2.24, 2.45) is 0 Å². The molecule has 2 aromatic heterocycles. The molecule has 10 heteroatoms. The monoisotopic (exact) mass is 553 g/mol. The first-order valence-electron chi connectivity index (χ1n) is 13.5. The van der Waals surface area contributed by atoms with E-state index >= 15 is 0 Å². The second-order valence-electron chi connectivity index (χ2n) is 9.49. The Morgan fingerprint density at radius 3 is 2.24 bits per heavy atom. The second-order valence-corrected chi connectivity index (χ2v) is 9.49. The van der Waals surface area contributed by atoms with Gasteiger partial charge in [-0.2, -0.15) is 5.10 Å². The lowest BCUT2D eigenvalue weighted by molar-refractivity contribution is -0.159. The molecule has 41 heavy (non-hydrogen) atoms. The number of amides is 1. The molecule has 0 aliphatic carbocycles. The third kappa shape index (κ3) is 6.27. The Bertz CT molecular complexity index is 1500. The van der Waals surface area contributed by atoms with Crippen LogP contribution in [0.3, 0.4) is 0 Å². The summed E-state index contributed by atoms with van der Waals surface area (Å²) >= 11 is 0. The lowest BCUT2D eigenvalue weighted by Gasteiger charge is -2.37. The highest BCUT2D eigenvalue weighted by Crippen LogP contribution is 2.28. The average Bonchev–Trinajstić information content (AvgIpc) is 3.47. The van der Waals surface area contributed by atoms with Crippen LogP contribution in [0, 0.1) is 0 Å². The van der Waals surface area contributed by atoms with Crippen LogP contribution < -0.4 is 4.90 Å². The molecule has 1 amide bonds. The fourth-order valence-corrected chi connectivity index (χ4v) is 4.79. The molecule has 3 heterocycles. The summed E-state index contributed by atoms with van der Waals surface area (Å²) in [4.78, 5) is 45.8. The summed E-state index contributed by atoms with van der Waals surface area (Å²) in [6.07, 6.45) is 0.718. The van der Waals surface area contributed by atoms with Crippen LogP contribution in [0.25, 0.3) is 17.1 Å². The first-order valence-corrected chi connectivity index (χ1v) is 13.5. The molecule has 1 aliphatic rings. The van der Waals surface area contributed by atoms with Crippen LogP contribution >= 0.6 is 0 Å². The highest BCUT2D eigenvalue weighted by Gasteiger charge is 2.31. The van der Waals surface area contributed by atoms with E-state index in [1.54, 1.807) is 40.9 Å². The summed E-state index contributed by atoms with van der Waals surface area (Å²) in [7, 11) is 0. The SMILES string of the molecule is CCOC(=O)c1cc(-c2ccc(N3CCN(C(=O)[C@@H](OC(C)=O)c4ccccc4)CC3)cc2)n(-c2ccccn2)n1. The highest BCUT2D eigenvalue weighted by atomic mass is 16.5. The zero-order valence-electron chi connectivity index (χ0n) is 23.0. The number of benzene rings is 2. The van der Waals surface area contributed by atoms with Crippen molar-refractivity contribution in [1.29, 1.82) is 0 Å². The Hall–Kier alpha value is -4.99. The first kappa shape index (κ1) is 27.6. The van der Waals surface area contributed by atoms with Gasteiger partial charge in [0.15, 0.2) is 11.5 Å². The topological polar surface area (TPSA) is 107 Å². The minimum absolute atomic E-state index is 0.208. The number of carbonyl (C=O) groups excluding carboxylic acids is 3. The van der Waals surface area contributed by atoms with Crippen LogP contribution in [0.1, 0.15) is 36.0 Å². The van der Waals surface area contributed by atoms with E-state index in [4.69, 9.17) is 9.47 Å². The Labute approximate surface area is 238 Å². The number of esters is 2. The van der Waals surface area contributed by atoms with Gasteiger partial charge in [-0.3, -0.25) is 9.59 Å². The lowest BCUT2D eigenvalue weighted by atomic mass is 10.1. The number of ether oxygens (including phenoxy) is 2. The van der Waals surface area contributed by atoms with Gasteiger partial charge in [0, 0.05) is 56.1 Å². The number of nitrogens with zero attached hydrogens (tertiary/aromatic N) is 5. The Morgan fingerprint density at radius 2 is 1.61 bits per heavy atom. The number of piperazine rings is 1. The molecule has 1 saturated heterocycles. The normalized spacial score (nSPS) is 13.9. The maximum atomic E-state index is 13.3. The Kier molecular flexibility index (Phi) is 8.38. The van der Waals surface area contributed by atoms with E-state index < -0.39 is 18.0 Å². The van der Waals surface area contributed by atoms with Gasteiger partial charge in [0.2, 0.25) is 6.10 Å². The van der Waals surface area contributed by atoms with Crippen LogP contribution in [0.4, 0.5) is 5.69 Å². The number of rotatable bonds is 8. The molecule has 0 bridgehead atoms. The summed E-state index contributed by atoms with van der Waals surface area (Å²) in [5, 5.41) is 4.47. The average molecular weight is 554 g/mol. The van der Waals surface area contributed by atoms with E-state index in [1.807, 2.05) is 60.7 Å². The largest absolute Gasteiger partial charge is 0.461 e. The zero-order valence-corrected chi connectivity index (χ0v) is 23.0. The quantitative estimate of drug-likeness (QED) is 0.301. The number of aromatic nitrogens is 3. The molecule has 1 aliphatic heterocycles. The molecule has 1 fully saturated rings. The van der Waals surface area contributed by atoms with Gasteiger partial charge in [0.25, 0.3) is 5.91 Å².